The maximum Gasteiger partial charge on any atom is 0.223 e. The lowest BCUT2D eigenvalue weighted by atomic mass is 10.2. The molecule has 116 valence electrons. The number of hydrogen-bond acceptors (Lipinski definition) is 4. The van der Waals surface area contributed by atoms with E-state index < -0.39 is 0 Å². The van der Waals surface area contributed by atoms with Gasteiger partial charge in [0.1, 0.15) is 18.2 Å². The van der Waals surface area contributed by atoms with Crippen LogP contribution in [0.3, 0.4) is 0 Å². The maximum atomic E-state index is 11.9. The number of fused-ring (bicyclic) bond motifs is 3. The molecule has 6 heteroatoms. The van der Waals surface area contributed by atoms with Crippen LogP contribution in [-0.2, 0) is 16.1 Å². The average molecular weight is 301 g/mol. The molecule has 2 aromatic rings. The summed E-state index contributed by atoms with van der Waals surface area (Å²) in [6, 6.07) is 5.98. The van der Waals surface area contributed by atoms with Crippen LogP contribution >= 0.6 is 0 Å². The molecule has 4 rings (SSSR count). The van der Waals surface area contributed by atoms with Gasteiger partial charge in [-0.05, 0) is 25.0 Å². The summed E-state index contributed by atoms with van der Waals surface area (Å²) >= 11 is 0. The summed E-state index contributed by atoms with van der Waals surface area (Å²) in [5.41, 5.74) is 1.96. The number of benzene rings is 1. The summed E-state index contributed by atoms with van der Waals surface area (Å²) in [6.07, 6.45) is 2.04. The number of ether oxygens (including phenoxy) is 2. The lowest BCUT2D eigenvalue weighted by Crippen LogP contribution is -2.36. The first-order valence-electron chi connectivity index (χ1n) is 7.66. The number of rotatable bonds is 4. The number of nitrogens with one attached hydrogen (secondary N) is 1. The minimum absolute atomic E-state index is 0.0878. The van der Waals surface area contributed by atoms with Crippen molar-refractivity contribution >= 4 is 16.9 Å². The Balaban J connectivity index is 1.62. The van der Waals surface area contributed by atoms with Gasteiger partial charge in [-0.1, -0.05) is 0 Å². The molecule has 6 nitrogen and oxygen atoms in total. The van der Waals surface area contributed by atoms with E-state index in [1.54, 1.807) is 7.11 Å². The van der Waals surface area contributed by atoms with E-state index in [2.05, 4.69) is 14.9 Å². The number of hydrogen-bond donors (Lipinski definition) is 1. The van der Waals surface area contributed by atoms with Gasteiger partial charge in [-0.25, -0.2) is 4.98 Å². The predicted octanol–water partition coefficient (Wildman–Crippen LogP) is 1.64. The van der Waals surface area contributed by atoms with Crippen LogP contribution < -0.4 is 10.1 Å². The largest absolute Gasteiger partial charge is 0.497 e. The molecule has 2 aliphatic rings. The van der Waals surface area contributed by atoms with Crippen molar-refractivity contribution < 1.29 is 14.3 Å². The summed E-state index contributed by atoms with van der Waals surface area (Å²) in [7, 11) is 1.65. The fourth-order valence-corrected chi connectivity index (χ4v) is 2.98. The Labute approximate surface area is 128 Å². The van der Waals surface area contributed by atoms with Crippen LogP contribution in [0.25, 0.3) is 11.0 Å². The molecule has 1 saturated carbocycles. The summed E-state index contributed by atoms with van der Waals surface area (Å²) in [6.45, 7) is 1.68. The molecule has 1 amide bonds. The minimum Gasteiger partial charge on any atom is -0.497 e. The zero-order chi connectivity index (χ0) is 15.1. The Morgan fingerprint density at radius 2 is 2.36 bits per heavy atom. The Bertz CT molecular complexity index is 721. The first-order chi connectivity index (χ1) is 10.8. The van der Waals surface area contributed by atoms with Crippen LogP contribution in [-0.4, -0.2) is 35.7 Å². The highest BCUT2D eigenvalue weighted by Crippen LogP contribution is 2.30. The predicted molar refractivity (Wildman–Crippen MR) is 80.7 cm³/mol. The quantitative estimate of drug-likeness (QED) is 0.932. The molecular formula is C16H19N3O3. The van der Waals surface area contributed by atoms with Gasteiger partial charge < -0.3 is 19.4 Å². The number of carbonyl (C=O) groups excluding carboxylic acids is 1. The number of imidazole rings is 1. The first-order valence-corrected chi connectivity index (χ1v) is 7.66. The SMILES string of the molecule is COc1ccc2c(c1)nc1n2[C@@H](CNC(=O)C2CC2)COC1. The van der Waals surface area contributed by atoms with Crippen molar-refractivity contribution in [2.75, 3.05) is 20.3 Å². The third-order valence-electron chi connectivity index (χ3n) is 4.34. The van der Waals surface area contributed by atoms with Gasteiger partial charge in [0.15, 0.2) is 0 Å². The fourth-order valence-electron chi connectivity index (χ4n) is 2.98. The lowest BCUT2D eigenvalue weighted by Gasteiger charge is -2.26. The standard InChI is InChI=1S/C16H19N3O3/c1-21-12-4-5-14-13(6-12)18-15-9-22-8-11(19(14)15)7-17-16(20)10-2-3-10/h4-6,10-11H,2-3,7-9H2,1H3,(H,17,20)/t11-/m0/s1. The van der Waals surface area contributed by atoms with E-state index in [4.69, 9.17) is 9.47 Å². The summed E-state index contributed by atoms with van der Waals surface area (Å²) in [5, 5.41) is 3.04. The molecule has 0 unspecified atom stereocenters. The zero-order valence-corrected chi connectivity index (χ0v) is 12.5. The second-order valence-corrected chi connectivity index (χ2v) is 5.94. The summed E-state index contributed by atoms with van der Waals surface area (Å²) in [5.74, 6) is 2.09. The summed E-state index contributed by atoms with van der Waals surface area (Å²) in [4.78, 5) is 16.5. The van der Waals surface area contributed by atoms with Crippen LogP contribution in [0.2, 0.25) is 0 Å². The molecule has 1 aliphatic heterocycles. The number of amides is 1. The maximum absolute atomic E-state index is 11.9. The van der Waals surface area contributed by atoms with E-state index in [1.807, 2.05) is 18.2 Å². The molecule has 1 aromatic heterocycles. The van der Waals surface area contributed by atoms with Gasteiger partial charge in [0.25, 0.3) is 0 Å². The van der Waals surface area contributed by atoms with Crippen molar-refractivity contribution in [1.29, 1.82) is 0 Å². The molecular weight excluding hydrogens is 282 g/mol. The van der Waals surface area contributed by atoms with Crippen molar-refractivity contribution in [2.24, 2.45) is 5.92 Å². The van der Waals surface area contributed by atoms with Crippen LogP contribution in [0.15, 0.2) is 18.2 Å². The molecule has 0 radical (unpaired) electrons. The van der Waals surface area contributed by atoms with Crippen LogP contribution in [0.4, 0.5) is 0 Å². The van der Waals surface area contributed by atoms with Gasteiger partial charge in [-0.3, -0.25) is 4.79 Å². The van der Waals surface area contributed by atoms with Gasteiger partial charge in [0.05, 0.1) is 30.8 Å². The lowest BCUT2D eigenvalue weighted by molar-refractivity contribution is -0.122. The van der Waals surface area contributed by atoms with E-state index >= 15 is 0 Å². The second-order valence-electron chi connectivity index (χ2n) is 5.94. The highest BCUT2D eigenvalue weighted by molar-refractivity contribution is 5.81. The van der Waals surface area contributed by atoms with Gasteiger partial charge in [0, 0.05) is 18.5 Å². The fraction of sp³-hybridized carbons (Fsp3) is 0.500. The highest BCUT2D eigenvalue weighted by Gasteiger charge is 2.31. The molecule has 1 N–H and O–H groups in total. The van der Waals surface area contributed by atoms with Gasteiger partial charge >= 0.3 is 0 Å². The molecule has 0 bridgehead atoms. The molecule has 0 saturated heterocycles. The third-order valence-corrected chi connectivity index (χ3v) is 4.34. The van der Waals surface area contributed by atoms with Gasteiger partial charge in [0.2, 0.25) is 5.91 Å². The van der Waals surface area contributed by atoms with Crippen LogP contribution in [0.1, 0.15) is 24.7 Å². The van der Waals surface area contributed by atoms with Crippen LogP contribution in [0, 0.1) is 5.92 Å². The van der Waals surface area contributed by atoms with Crippen molar-refractivity contribution in [3.63, 3.8) is 0 Å². The molecule has 22 heavy (non-hydrogen) atoms. The highest BCUT2D eigenvalue weighted by atomic mass is 16.5. The Kier molecular flexibility index (Phi) is 3.26. The van der Waals surface area contributed by atoms with Crippen LogP contribution in [0.5, 0.6) is 5.75 Å². The smallest absolute Gasteiger partial charge is 0.223 e. The van der Waals surface area contributed by atoms with E-state index in [1.165, 1.54) is 0 Å². The van der Waals surface area contributed by atoms with E-state index in [0.717, 1.165) is 35.4 Å². The van der Waals surface area contributed by atoms with E-state index in [0.29, 0.717) is 19.8 Å². The van der Waals surface area contributed by atoms with Crippen molar-refractivity contribution in [1.82, 2.24) is 14.9 Å². The Morgan fingerprint density at radius 1 is 1.50 bits per heavy atom. The third kappa shape index (κ3) is 2.33. The molecule has 1 atom stereocenters. The number of carbonyl (C=O) groups is 1. The molecule has 0 spiro atoms. The molecule has 2 heterocycles. The molecule has 1 fully saturated rings. The molecule has 1 aromatic carbocycles. The summed E-state index contributed by atoms with van der Waals surface area (Å²) < 4.78 is 13.1. The minimum atomic E-state index is 0.0878. The number of aromatic nitrogens is 2. The monoisotopic (exact) mass is 301 g/mol. The number of methoxy groups -OCH3 is 1. The Morgan fingerprint density at radius 3 is 3.14 bits per heavy atom. The molecule has 1 aliphatic carbocycles. The van der Waals surface area contributed by atoms with Crippen molar-refractivity contribution in [3.05, 3.63) is 24.0 Å². The van der Waals surface area contributed by atoms with Gasteiger partial charge in [-0.2, -0.15) is 0 Å². The topological polar surface area (TPSA) is 65.4 Å². The zero-order valence-electron chi connectivity index (χ0n) is 12.5. The first kappa shape index (κ1) is 13.6. The van der Waals surface area contributed by atoms with E-state index in [9.17, 15) is 4.79 Å². The normalized spacial score (nSPS) is 20.7. The van der Waals surface area contributed by atoms with Gasteiger partial charge in [-0.15, -0.1) is 0 Å². The van der Waals surface area contributed by atoms with Crippen molar-refractivity contribution in [3.8, 4) is 5.75 Å². The average Bonchev–Trinajstić information content (AvgIpc) is 3.32. The second kappa shape index (κ2) is 5.28. The number of nitrogens with zero attached hydrogens (tertiary/aromatic N) is 2. The Hall–Kier alpha value is -2.08. The van der Waals surface area contributed by atoms with E-state index in [-0.39, 0.29) is 17.9 Å². The van der Waals surface area contributed by atoms with Crippen molar-refractivity contribution in [2.45, 2.75) is 25.5 Å².